The molecule has 0 aliphatic heterocycles. The van der Waals surface area contributed by atoms with E-state index in [1.54, 1.807) is 49.6 Å². The van der Waals surface area contributed by atoms with Crippen LogP contribution in [-0.4, -0.2) is 39.4 Å². The molecule has 8 heteroatoms. The summed E-state index contributed by atoms with van der Waals surface area (Å²) in [5.41, 5.74) is 3.60. The van der Waals surface area contributed by atoms with Crippen molar-refractivity contribution < 1.29 is 23.8 Å². The van der Waals surface area contributed by atoms with Crippen LogP contribution in [-0.2, 0) is 16.1 Å². The summed E-state index contributed by atoms with van der Waals surface area (Å²) in [5.74, 6) is 0.0549. The number of nitrogens with one attached hydrogen (secondary N) is 2. The number of para-hydroxylation sites is 1. The summed E-state index contributed by atoms with van der Waals surface area (Å²) < 4.78 is 15.5. The third-order valence-electron chi connectivity index (χ3n) is 3.62. The lowest BCUT2D eigenvalue weighted by atomic mass is 10.2. The van der Waals surface area contributed by atoms with Crippen LogP contribution in [0.25, 0.3) is 0 Å². The lowest BCUT2D eigenvalue weighted by molar-refractivity contribution is -0.139. The van der Waals surface area contributed by atoms with Gasteiger partial charge in [0.05, 0.1) is 27.5 Å². The molecule has 0 radical (unpaired) electrons. The van der Waals surface area contributed by atoms with Gasteiger partial charge in [-0.1, -0.05) is 18.2 Å². The predicted octanol–water partition coefficient (Wildman–Crippen LogP) is 1.48. The Labute approximate surface area is 157 Å². The van der Waals surface area contributed by atoms with Crippen LogP contribution in [0.1, 0.15) is 11.1 Å². The molecule has 27 heavy (non-hydrogen) atoms. The smallest absolute Gasteiger partial charge is 0.329 e. The van der Waals surface area contributed by atoms with Gasteiger partial charge in [0.2, 0.25) is 0 Å². The molecule has 8 nitrogen and oxygen atoms in total. The molecule has 2 aromatic rings. The summed E-state index contributed by atoms with van der Waals surface area (Å²) in [6.45, 7) is 0.212. The summed E-state index contributed by atoms with van der Waals surface area (Å²) in [6.07, 6.45) is 1.37. The lowest BCUT2D eigenvalue weighted by Gasteiger charge is -2.09. The van der Waals surface area contributed by atoms with Crippen molar-refractivity contribution >= 4 is 18.0 Å². The van der Waals surface area contributed by atoms with Gasteiger partial charge in [-0.3, -0.25) is 9.59 Å². The molecule has 0 saturated heterocycles. The van der Waals surface area contributed by atoms with Gasteiger partial charge in [0.15, 0.2) is 11.5 Å². The van der Waals surface area contributed by atoms with Gasteiger partial charge in [-0.15, -0.1) is 0 Å². The molecule has 142 valence electrons. The fourth-order valence-corrected chi connectivity index (χ4v) is 2.23. The summed E-state index contributed by atoms with van der Waals surface area (Å²) in [5, 5.41) is 6.30. The van der Waals surface area contributed by atoms with Crippen molar-refractivity contribution in [2.24, 2.45) is 5.10 Å². The highest BCUT2D eigenvalue weighted by Gasteiger charge is 2.12. The van der Waals surface area contributed by atoms with Crippen molar-refractivity contribution in [1.29, 1.82) is 0 Å². The quantitative estimate of drug-likeness (QED) is 0.436. The molecule has 0 atom stereocenters. The number of benzene rings is 2. The van der Waals surface area contributed by atoms with Crippen LogP contribution in [0.15, 0.2) is 47.6 Å². The van der Waals surface area contributed by atoms with Crippen molar-refractivity contribution in [3.63, 3.8) is 0 Å². The van der Waals surface area contributed by atoms with Crippen LogP contribution in [0.4, 0.5) is 0 Å². The first-order chi connectivity index (χ1) is 13.1. The number of ether oxygens (including phenoxy) is 3. The van der Waals surface area contributed by atoms with E-state index in [1.165, 1.54) is 20.4 Å². The second kappa shape index (κ2) is 9.81. The number of carbonyl (C=O) groups is 2. The molecule has 2 aromatic carbocycles. The normalized spacial score (nSPS) is 10.3. The molecular weight excluding hydrogens is 350 g/mol. The second-order valence-electron chi connectivity index (χ2n) is 5.31. The Morgan fingerprint density at radius 1 is 0.963 bits per heavy atom. The first-order valence-corrected chi connectivity index (χ1v) is 8.04. The number of hydrogen-bond acceptors (Lipinski definition) is 6. The van der Waals surface area contributed by atoms with Gasteiger partial charge in [-0.05, 0) is 29.8 Å². The Kier molecular flexibility index (Phi) is 7.18. The van der Waals surface area contributed by atoms with Gasteiger partial charge in [-0.25, -0.2) is 5.43 Å². The Morgan fingerprint density at radius 3 is 2.33 bits per heavy atom. The first-order valence-electron chi connectivity index (χ1n) is 8.04. The monoisotopic (exact) mass is 371 g/mol. The minimum atomic E-state index is -0.873. The molecule has 0 saturated carbocycles. The van der Waals surface area contributed by atoms with Crippen LogP contribution >= 0.6 is 0 Å². The molecule has 2 N–H and O–H groups in total. The molecule has 0 spiro atoms. The van der Waals surface area contributed by atoms with Crippen molar-refractivity contribution in [2.45, 2.75) is 6.54 Å². The topological polar surface area (TPSA) is 98.2 Å². The Morgan fingerprint density at radius 2 is 1.70 bits per heavy atom. The average Bonchev–Trinajstić information content (AvgIpc) is 2.71. The SMILES string of the molecule is COc1ccc(CNC(=O)C(=O)N/N=C\c2cccc(OC)c2OC)cc1. The Hall–Kier alpha value is -3.55. The average molecular weight is 371 g/mol. The van der Waals surface area contributed by atoms with E-state index < -0.39 is 11.8 Å². The van der Waals surface area contributed by atoms with E-state index in [2.05, 4.69) is 15.8 Å². The van der Waals surface area contributed by atoms with E-state index in [1.807, 2.05) is 0 Å². The predicted molar refractivity (Wildman–Crippen MR) is 100 cm³/mol. The third-order valence-corrected chi connectivity index (χ3v) is 3.62. The van der Waals surface area contributed by atoms with Crippen molar-refractivity contribution in [3.8, 4) is 17.2 Å². The summed E-state index contributed by atoms with van der Waals surface area (Å²) >= 11 is 0. The molecule has 0 heterocycles. The van der Waals surface area contributed by atoms with E-state index in [9.17, 15) is 9.59 Å². The van der Waals surface area contributed by atoms with Crippen LogP contribution in [0.3, 0.4) is 0 Å². The maximum Gasteiger partial charge on any atom is 0.329 e. The van der Waals surface area contributed by atoms with E-state index in [4.69, 9.17) is 14.2 Å². The molecule has 2 amide bonds. The molecule has 0 aromatic heterocycles. The number of amides is 2. The minimum Gasteiger partial charge on any atom is -0.497 e. The molecule has 0 bridgehead atoms. The Bertz CT molecular complexity index is 819. The van der Waals surface area contributed by atoms with E-state index >= 15 is 0 Å². The molecule has 0 fully saturated rings. The zero-order valence-electron chi connectivity index (χ0n) is 15.3. The molecule has 0 aliphatic rings. The fourth-order valence-electron chi connectivity index (χ4n) is 2.23. The standard InChI is InChI=1S/C19H21N3O5/c1-25-15-9-7-13(8-10-15)11-20-18(23)19(24)22-21-12-14-5-4-6-16(26-2)17(14)27-3/h4-10,12H,11H2,1-3H3,(H,20,23)(H,22,24)/b21-12-. The number of nitrogens with zero attached hydrogens (tertiary/aromatic N) is 1. The van der Waals surface area contributed by atoms with Gasteiger partial charge in [0.25, 0.3) is 0 Å². The van der Waals surface area contributed by atoms with Crippen molar-refractivity contribution in [1.82, 2.24) is 10.7 Å². The number of rotatable bonds is 7. The van der Waals surface area contributed by atoms with Crippen LogP contribution in [0.2, 0.25) is 0 Å². The van der Waals surface area contributed by atoms with Gasteiger partial charge >= 0.3 is 11.8 Å². The zero-order valence-corrected chi connectivity index (χ0v) is 15.3. The second-order valence-corrected chi connectivity index (χ2v) is 5.31. The van der Waals surface area contributed by atoms with Crippen molar-refractivity contribution in [3.05, 3.63) is 53.6 Å². The van der Waals surface area contributed by atoms with E-state index in [0.29, 0.717) is 22.8 Å². The van der Waals surface area contributed by atoms with Crippen LogP contribution in [0, 0.1) is 0 Å². The minimum absolute atomic E-state index is 0.212. The van der Waals surface area contributed by atoms with E-state index in [0.717, 1.165) is 5.56 Å². The highest BCUT2D eigenvalue weighted by atomic mass is 16.5. The number of hydrogen-bond donors (Lipinski definition) is 2. The maximum absolute atomic E-state index is 11.8. The van der Waals surface area contributed by atoms with Crippen LogP contribution < -0.4 is 25.0 Å². The van der Waals surface area contributed by atoms with Gasteiger partial charge < -0.3 is 19.5 Å². The largest absolute Gasteiger partial charge is 0.497 e. The molecule has 0 unspecified atom stereocenters. The summed E-state index contributed by atoms with van der Waals surface area (Å²) in [4.78, 5) is 23.7. The summed E-state index contributed by atoms with van der Waals surface area (Å²) in [7, 11) is 4.59. The van der Waals surface area contributed by atoms with Gasteiger partial charge in [-0.2, -0.15) is 5.10 Å². The van der Waals surface area contributed by atoms with Crippen LogP contribution in [0.5, 0.6) is 17.2 Å². The molecule has 2 rings (SSSR count). The first kappa shape index (κ1) is 19.8. The Balaban J connectivity index is 1.89. The fraction of sp³-hybridized carbons (Fsp3) is 0.211. The number of hydrazone groups is 1. The van der Waals surface area contributed by atoms with Gasteiger partial charge in [0.1, 0.15) is 5.75 Å². The number of carbonyl (C=O) groups excluding carboxylic acids is 2. The van der Waals surface area contributed by atoms with Crippen molar-refractivity contribution in [2.75, 3.05) is 21.3 Å². The highest BCUT2D eigenvalue weighted by molar-refractivity contribution is 6.35. The molecular formula is C19H21N3O5. The lowest BCUT2D eigenvalue weighted by Crippen LogP contribution is -2.37. The summed E-state index contributed by atoms with van der Waals surface area (Å²) in [6, 6.07) is 12.4. The highest BCUT2D eigenvalue weighted by Crippen LogP contribution is 2.29. The van der Waals surface area contributed by atoms with E-state index in [-0.39, 0.29) is 6.54 Å². The molecule has 0 aliphatic carbocycles. The maximum atomic E-state index is 11.8. The van der Waals surface area contributed by atoms with Gasteiger partial charge in [0, 0.05) is 12.1 Å². The zero-order chi connectivity index (χ0) is 19.6. The number of methoxy groups -OCH3 is 3. The third kappa shape index (κ3) is 5.46.